The third-order valence-electron chi connectivity index (χ3n) is 6.07. The summed E-state index contributed by atoms with van der Waals surface area (Å²) in [5.74, 6) is -0.318. The van der Waals surface area contributed by atoms with Crippen molar-refractivity contribution < 1.29 is 14.0 Å². The predicted molar refractivity (Wildman–Crippen MR) is 122 cm³/mol. The number of halogens is 1. The Morgan fingerprint density at radius 3 is 2.69 bits per heavy atom. The van der Waals surface area contributed by atoms with E-state index in [0.717, 1.165) is 29.5 Å². The van der Waals surface area contributed by atoms with Gasteiger partial charge in [-0.15, -0.1) is 0 Å². The number of pyridine rings is 1. The number of amides is 2. The highest BCUT2D eigenvalue weighted by atomic mass is 19.1. The van der Waals surface area contributed by atoms with Gasteiger partial charge in [-0.2, -0.15) is 0 Å². The van der Waals surface area contributed by atoms with E-state index in [1.165, 1.54) is 13.0 Å². The summed E-state index contributed by atoms with van der Waals surface area (Å²) in [6.45, 7) is 7.44. The summed E-state index contributed by atoms with van der Waals surface area (Å²) in [6, 6.07) is 5.36. The minimum atomic E-state index is -0.381. The standard InChI is InChI=1S/C24H28FN5O2/c1-13(2)30-12-27-23-20(25)8-17(9-21(23)30)19-10-22(26-11-14(19)3)29-24(32)16-5-6-18(7-16)28-15(4)31/h8-13,16,18H,5-7H2,1-4H3,(H,28,31)(H,26,29,32)/t16-,18+/m0/s1. The van der Waals surface area contributed by atoms with Gasteiger partial charge in [-0.05, 0) is 74.9 Å². The molecule has 0 saturated heterocycles. The van der Waals surface area contributed by atoms with Crippen molar-refractivity contribution in [2.75, 3.05) is 5.32 Å². The molecule has 0 unspecified atom stereocenters. The van der Waals surface area contributed by atoms with Crippen molar-refractivity contribution in [3.8, 4) is 11.1 Å². The van der Waals surface area contributed by atoms with Crippen LogP contribution in [0.3, 0.4) is 0 Å². The summed E-state index contributed by atoms with van der Waals surface area (Å²) in [5, 5.41) is 5.78. The molecular weight excluding hydrogens is 409 g/mol. The van der Waals surface area contributed by atoms with E-state index in [-0.39, 0.29) is 35.6 Å². The van der Waals surface area contributed by atoms with Crippen LogP contribution in [0.1, 0.15) is 51.6 Å². The molecule has 0 aliphatic heterocycles. The van der Waals surface area contributed by atoms with Gasteiger partial charge in [0.05, 0.1) is 11.8 Å². The topological polar surface area (TPSA) is 88.9 Å². The van der Waals surface area contributed by atoms with Crippen LogP contribution >= 0.6 is 0 Å². The maximum absolute atomic E-state index is 14.8. The monoisotopic (exact) mass is 437 g/mol. The number of hydrogen-bond donors (Lipinski definition) is 2. The number of aromatic nitrogens is 3. The molecule has 7 nitrogen and oxygen atoms in total. The Kier molecular flexibility index (Phi) is 5.95. The number of imidazole rings is 1. The quantitative estimate of drug-likeness (QED) is 0.620. The molecular formula is C24H28FN5O2. The van der Waals surface area contributed by atoms with Gasteiger partial charge in [0.2, 0.25) is 11.8 Å². The van der Waals surface area contributed by atoms with E-state index < -0.39 is 0 Å². The van der Waals surface area contributed by atoms with E-state index in [2.05, 4.69) is 20.6 Å². The number of carbonyl (C=O) groups is 2. The molecule has 4 rings (SSSR count). The molecule has 1 aliphatic rings. The molecule has 2 atom stereocenters. The number of aryl methyl sites for hydroxylation is 1. The van der Waals surface area contributed by atoms with Crippen LogP contribution < -0.4 is 10.6 Å². The lowest BCUT2D eigenvalue weighted by atomic mass is 10.0. The first kappa shape index (κ1) is 21.9. The van der Waals surface area contributed by atoms with E-state index in [9.17, 15) is 14.0 Å². The van der Waals surface area contributed by atoms with Gasteiger partial charge in [0.15, 0.2) is 5.82 Å². The fourth-order valence-corrected chi connectivity index (χ4v) is 4.43. The second kappa shape index (κ2) is 8.68. The normalized spacial score (nSPS) is 18.3. The Labute approximate surface area is 186 Å². The molecule has 2 aromatic heterocycles. The Hall–Kier alpha value is -3.29. The lowest BCUT2D eigenvalue weighted by Gasteiger charge is -2.14. The Morgan fingerprint density at radius 1 is 1.19 bits per heavy atom. The first-order valence-electron chi connectivity index (χ1n) is 10.9. The van der Waals surface area contributed by atoms with Gasteiger partial charge in [0, 0.05) is 31.1 Å². The van der Waals surface area contributed by atoms with E-state index in [0.29, 0.717) is 23.3 Å². The third-order valence-corrected chi connectivity index (χ3v) is 6.07. The molecule has 0 radical (unpaired) electrons. The van der Waals surface area contributed by atoms with E-state index in [1.54, 1.807) is 18.6 Å². The number of carbonyl (C=O) groups excluding carboxylic acids is 2. The van der Waals surface area contributed by atoms with Crippen LogP contribution in [0.2, 0.25) is 0 Å². The molecule has 2 heterocycles. The van der Waals surface area contributed by atoms with Gasteiger partial charge in [0.25, 0.3) is 0 Å². The summed E-state index contributed by atoms with van der Waals surface area (Å²) in [4.78, 5) is 32.6. The summed E-state index contributed by atoms with van der Waals surface area (Å²) >= 11 is 0. The maximum atomic E-state index is 14.8. The number of anilines is 1. The minimum absolute atomic E-state index is 0.0327. The minimum Gasteiger partial charge on any atom is -0.354 e. The maximum Gasteiger partial charge on any atom is 0.228 e. The zero-order valence-electron chi connectivity index (χ0n) is 18.8. The van der Waals surface area contributed by atoms with Crippen molar-refractivity contribution in [2.24, 2.45) is 5.92 Å². The van der Waals surface area contributed by atoms with Gasteiger partial charge in [-0.25, -0.2) is 14.4 Å². The number of hydrogen-bond acceptors (Lipinski definition) is 4. The molecule has 2 N–H and O–H groups in total. The first-order valence-corrected chi connectivity index (χ1v) is 10.9. The SMILES string of the molecule is CC(=O)N[C@@H]1CC[C@H](C(=O)Nc2cc(-c3cc(F)c4ncn(C(C)C)c4c3)c(C)cn2)C1. The second-order valence-corrected chi connectivity index (χ2v) is 8.85. The Morgan fingerprint density at radius 2 is 1.97 bits per heavy atom. The molecule has 32 heavy (non-hydrogen) atoms. The molecule has 0 spiro atoms. The molecule has 1 aromatic carbocycles. The lowest BCUT2D eigenvalue weighted by molar-refractivity contribution is -0.121. The predicted octanol–water partition coefficient (Wildman–Crippen LogP) is 4.37. The average molecular weight is 438 g/mol. The van der Waals surface area contributed by atoms with Crippen molar-refractivity contribution in [1.82, 2.24) is 19.9 Å². The Balaban J connectivity index is 1.59. The van der Waals surface area contributed by atoms with E-state index >= 15 is 0 Å². The smallest absolute Gasteiger partial charge is 0.228 e. The zero-order chi connectivity index (χ0) is 23.0. The number of nitrogens with zero attached hydrogens (tertiary/aromatic N) is 3. The molecule has 168 valence electrons. The van der Waals surface area contributed by atoms with Crippen molar-refractivity contribution in [1.29, 1.82) is 0 Å². The van der Waals surface area contributed by atoms with Gasteiger partial charge in [-0.3, -0.25) is 9.59 Å². The van der Waals surface area contributed by atoms with Crippen LogP contribution in [-0.2, 0) is 9.59 Å². The van der Waals surface area contributed by atoms with Crippen LogP contribution in [0.15, 0.2) is 30.7 Å². The van der Waals surface area contributed by atoms with Gasteiger partial charge >= 0.3 is 0 Å². The van der Waals surface area contributed by atoms with Crippen LogP contribution in [-0.4, -0.2) is 32.4 Å². The fourth-order valence-electron chi connectivity index (χ4n) is 4.43. The summed E-state index contributed by atoms with van der Waals surface area (Å²) in [6.07, 6.45) is 5.46. The summed E-state index contributed by atoms with van der Waals surface area (Å²) < 4.78 is 16.7. The van der Waals surface area contributed by atoms with Gasteiger partial charge in [-0.1, -0.05) is 0 Å². The number of benzene rings is 1. The molecule has 3 aromatic rings. The van der Waals surface area contributed by atoms with Crippen LogP contribution in [0.4, 0.5) is 10.2 Å². The summed E-state index contributed by atoms with van der Waals surface area (Å²) in [7, 11) is 0. The van der Waals surface area contributed by atoms with Crippen molar-refractivity contribution in [3.63, 3.8) is 0 Å². The van der Waals surface area contributed by atoms with Crippen molar-refractivity contribution in [3.05, 3.63) is 42.1 Å². The molecule has 8 heteroatoms. The second-order valence-electron chi connectivity index (χ2n) is 8.85. The largest absolute Gasteiger partial charge is 0.354 e. The lowest BCUT2D eigenvalue weighted by Crippen LogP contribution is -2.31. The van der Waals surface area contributed by atoms with E-state index in [4.69, 9.17) is 0 Å². The van der Waals surface area contributed by atoms with Crippen LogP contribution in [0, 0.1) is 18.7 Å². The van der Waals surface area contributed by atoms with Crippen LogP contribution in [0.5, 0.6) is 0 Å². The average Bonchev–Trinajstić information content (AvgIpc) is 3.36. The van der Waals surface area contributed by atoms with Crippen LogP contribution in [0.25, 0.3) is 22.2 Å². The van der Waals surface area contributed by atoms with Crippen molar-refractivity contribution in [2.45, 2.75) is 59.0 Å². The molecule has 0 bridgehead atoms. The van der Waals surface area contributed by atoms with Gasteiger partial charge < -0.3 is 15.2 Å². The van der Waals surface area contributed by atoms with Crippen molar-refractivity contribution >= 4 is 28.7 Å². The summed E-state index contributed by atoms with van der Waals surface area (Å²) in [5.41, 5.74) is 3.46. The number of rotatable bonds is 5. The Bertz CT molecular complexity index is 1190. The highest BCUT2D eigenvalue weighted by molar-refractivity contribution is 5.93. The van der Waals surface area contributed by atoms with E-state index in [1.807, 2.05) is 31.4 Å². The fraction of sp³-hybridized carbons (Fsp3) is 0.417. The number of fused-ring (bicyclic) bond motifs is 1. The molecule has 1 aliphatic carbocycles. The number of nitrogens with one attached hydrogen (secondary N) is 2. The molecule has 2 amide bonds. The molecule has 1 saturated carbocycles. The first-order chi connectivity index (χ1) is 15.2. The molecule has 1 fully saturated rings. The third kappa shape index (κ3) is 4.35. The highest BCUT2D eigenvalue weighted by Crippen LogP contribution is 2.32. The zero-order valence-corrected chi connectivity index (χ0v) is 18.8. The highest BCUT2D eigenvalue weighted by Gasteiger charge is 2.30. The van der Waals surface area contributed by atoms with Gasteiger partial charge in [0.1, 0.15) is 11.3 Å².